The maximum Gasteiger partial charge on any atom is 0.0701 e. The predicted octanol–water partition coefficient (Wildman–Crippen LogP) is 2.04. The summed E-state index contributed by atoms with van der Waals surface area (Å²) in [7, 11) is 0. The van der Waals surface area contributed by atoms with Gasteiger partial charge in [-0.2, -0.15) is 0 Å². The summed E-state index contributed by atoms with van der Waals surface area (Å²) in [5.41, 5.74) is 0. The van der Waals surface area contributed by atoms with E-state index >= 15 is 0 Å². The van der Waals surface area contributed by atoms with Gasteiger partial charge in [-0.05, 0) is 17.3 Å². The molecular formula is C14H29IO5. The molecule has 6 heteroatoms. The monoisotopic (exact) mass is 404 g/mol. The Balaban J connectivity index is 2.89. The number of hydrogen-bond acceptors (Lipinski definition) is 5. The van der Waals surface area contributed by atoms with Crippen molar-refractivity contribution in [3.63, 3.8) is 0 Å². The van der Waals surface area contributed by atoms with Gasteiger partial charge in [-0.25, -0.2) is 0 Å². The zero-order valence-electron chi connectivity index (χ0n) is 12.4. The van der Waals surface area contributed by atoms with Gasteiger partial charge in [-0.15, -0.1) is 0 Å². The van der Waals surface area contributed by atoms with Crippen LogP contribution in [0.5, 0.6) is 0 Å². The van der Waals surface area contributed by atoms with E-state index in [0.29, 0.717) is 46.2 Å². The predicted molar refractivity (Wildman–Crippen MR) is 87.7 cm³/mol. The molecule has 0 spiro atoms. The van der Waals surface area contributed by atoms with E-state index in [9.17, 15) is 0 Å². The Bertz CT molecular complexity index is 154. The third-order valence-electron chi connectivity index (χ3n) is 2.52. The second-order valence-electron chi connectivity index (χ2n) is 4.28. The van der Waals surface area contributed by atoms with Gasteiger partial charge in [-0.3, -0.25) is 0 Å². The normalized spacial score (nSPS) is 11.1. The van der Waals surface area contributed by atoms with Gasteiger partial charge in [0.1, 0.15) is 0 Å². The quantitative estimate of drug-likeness (QED) is 0.229. The third-order valence-corrected chi connectivity index (χ3v) is 3.29. The first-order valence-corrected chi connectivity index (χ1v) is 8.92. The molecule has 0 heterocycles. The van der Waals surface area contributed by atoms with Crippen molar-refractivity contribution in [3.8, 4) is 0 Å². The van der Waals surface area contributed by atoms with Crippen molar-refractivity contribution in [1.29, 1.82) is 0 Å². The number of hydrogen-bond donors (Lipinski definition) is 1. The molecule has 0 atom stereocenters. The zero-order chi connectivity index (χ0) is 14.7. The number of alkyl halides is 1. The first-order valence-electron chi connectivity index (χ1n) is 7.39. The van der Waals surface area contributed by atoms with Crippen LogP contribution in [0.2, 0.25) is 0 Å². The third kappa shape index (κ3) is 18.5. The molecule has 0 aliphatic rings. The molecule has 5 nitrogen and oxygen atoms in total. The van der Waals surface area contributed by atoms with Crippen molar-refractivity contribution in [2.45, 2.75) is 25.7 Å². The van der Waals surface area contributed by atoms with Crippen LogP contribution in [-0.4, -0.2) is 69.0 Å². The second-order valence-corrected chi connectivity index (χ2v) is 5.36. The minimum atomic E-state index is 0.0569. The highest BCUT2D eigenvalue weighted by molar-refractivity contribution is 14.1. The molecule has 0 amide bonds. The fourth-order valence-corrected chi connectivity index (χ4v) is 2.02. The SMILES string of the molecule is OCCOCCOCCOCCOCCCCCCI. The van der Waals surface area contributed by atoms with E-state index in [-0.39, 0.29) is 6.61 Å². The van der Waals surface area contributed by atoms with E-state index in [1.165, 1.54) is 23.7 Å². The van der Waals surface area contributed by atoms with Crippen molar-refractivity contribution in [2.75, 3.05) is 63.9 Å². The molecule has 0 radical (unpaired) electrons. The van der Waals surface area contributed by atoms with Gasteiger partial charge >= 0.3 is 0 Å². The largest absolute Gasteiger partial charge is 0.394 e. The summed E-state index contributed by atoms with van der Waals surface area (Å²) in [5.74, 6) is 0. The maximum absolute atomic E-state index is 8.48. The lowest BCUT2D eigenvalue weighted by molar-refractivity contribution is -0.00576. The minimum absolute atomic E-state index is 0.0569. The smallest absolute Gasteiger partial charge is 0.0701 e. The number of unbranched alkanes of at least 4 members (excludes halogenated alkanes) is 3. The van der Waals surface area contributed by atoms with Gasteiger partial charge in [0, 0.05) is 6.61 Å². The molecule has 0 aliphatic heterocycles. The molecule has 0 aromatic heterocycles. The highest BCUT2D eigenvalue weighted by atomic mass is 127. The first-order chi connectivity index (χ1) is 9.91. The van der Waals surface area contributed by atoms with Crippen LogP contribution in [0.15, 0.2) is 0 Å². The van der Waals surface area contributed by atoms with Crippen LogP contribution in [-0.2, 0) is 18.9 Å². The summed E-state index contributed by atoms with van der Waals surface area (Å²) >= 11 is 2.41. The molecule has 0 rings (SSSR count). The molecule has 0 saturated heterocycles. The Labute approximate surface area is 136 Å². The summed E-state index contributed by atoms with van der Waals surface area (Å²) in [6.45, 7) is 4.75. The molecule has 0 fully saturated rings. The summed E-state index contributed by atoms with van der Waals surface area (Å²) in [5, 5.41) is 8.48. The molecule has 0 aliphatic carbocycles. The van der Waals surface area contributed by atoms with Gasteiger partial charge in [-0.1, -0.05) is 35.4 Å². The average Bonchev–Trinajstić information content (AvgIpc) is 2.47. The van der Waals surface area contributed by atoms with Gasteiger partial charge in [0.05, 0.1) is 52.9 Å². The number of halogens is 1. The Morgan fingerprint density at radius 1 is 0.550 bits per heavy atom. The molecule has 1 N–H and O–H groups in total. The molecule has 0 unspecified atom stereocenters. The van der Waals surface area contributed by atoms with Crippen LogP contribution in [0.3, 0.4) is 0 Å². The lowest BCUT2D eigenvalue weighted by Crippen LogP contribution is -2.12. The molecular weight excluding hydrogens is 375 g/mol. The van der Waals surface area contributed by atoms with Crippen LogP contribution in [0.4, 0.5) is 0 Å². The number of aliphatic hydroxyl groups is 1. The van der Waals surface area contributed by atoms with Crippen molar-refractivity contribution in [1.82, 2.24) is 0 Å². The summed E-state index contributed by atoms with van der Waals surface area (Å²) < 4.78 is 22.4. The van der Waals surface area contributed by atoms with E-state index in [1.807, 2.05) is 0 Å². The lowest BCUT2D eigenvalue weighted by Gasteiger charge is -2.07. The van der Waals surface area contributed by atoms with Crippen LogP contribution in [0.25, 0.3) is 0 Å². The average molecular weight is 404 g/mol. The summed E-state index contributed by atoms with van der Waals surface area (Å²) in [4.78, 5) is 0. The van der Waals surface area contributed by atoms with E-state index < -0.39 is 0 Å². The standard InChI is InChI=1S/C14H29IO5/c15-5-3-1-2-4-7-17-9-11-19-13-14-20-12-10-18-8-6-16/h16H,1-14H2. The molecule has 0 bridgehead atoms. The Morgan fingerprint density at radius 3 is 1.50 bits per heavy atom. The Hall–Kier alpha value is 0.530. The van der Waals surface area contributed by atoms with E-state index in [1.54, 1.807) is 0 Å². The Kier molecular flexibility index (Phi) is 20.0. The summed E-state index contributed by atoms with van der Waals surface area (Å²) in [6.07, 6.45) is 5.03. The van der Waals surface area contributed by atoms with Crippen molar-refractivity contribution in [3.05, 3.63) is 0 Å². The lowest BCUT2D eigenvalue weighted by atomic mass is 10.2. The molecule has 0 aromatic carbocycles. The zero-order valence-corrected chi connectivity index (χ0v) is 14.5. The maximum atomic E-state index is 8.48. The van der Waals surface area contributed by atoms with E-state index in [4.69, 9.17) is 24.1 Å². The van der Waals surface area contributed by atoms with Crippen LogP contribution >= 0.6 is 22.6 Å². The van der Waals surface area contributed by atoms with Crippen molar-refractivity contribution < 1.29 is 24.1 Å². The highest BCUT2D eigenvalue weighted by Gasteiger charge is 1.93. The molecule has 0 aromatic rings. The summed E-state index contributed by atoms with van der Waals surface area (Å²) in [6, 6.07) is 0. The fraction of sp³-hybridized carbons (Fsp3) is 1.00. The van der Waals surface area contributed by atoms with Gasteiger partial charge in [0.15, 0.2) is 0 Å². The van der Waals surface area contributed by atoms with Gasteiger partial charge in [0.25, 0.3) is 0 Å². The highest BCUT2D eigenvalue weighted by Crippen LogP contribution is 2.02. The molecule has 122 valence electrons. The van der Waals surface area contributed by atoms with Crippen LogP contribution in [0.1, 0.15) is 25.7 Å². The van der Waals surface area contributed by atoms with Gasteiger partial charge in [0.2, 0.25) is 0 Å². The molecule has 0 saturated carbocycles. The number of rotatable bonds is 17. The van der Waals surface area contributed by atoms with E-state index in [2.05, 4.69) is 22.6 Å². The van der Waals surface area contributed by atoms with Gasteiger partial charge < -0.3 is 24.1 Å². The van der Waals surface area contributed by atoms with Crippen molar-refractivity contribution in [2.24, 2.45) is 0 Å². The van der Waals surface area contributed by atoms with Crippen LogP contribution in [0, 0.1) is 0 Å². The number of ether oxygens (including phenoxy) is 4. The van der Waals surface area contributed by atoms with E-state index in [0.717, 1.165) is 13.0 Å². The Morgan fingerprint density at radius 2 is 1.00 bits per heavy atom. The number of aliphatic hydroxyl groups excluding tert-OH is 1. The molecule has 20 heavy (non-hydrogen) atoms. The second kappa shape index (κ2) is 19.5. The van der Waals surface area contributed by atoms with Crippen LogP contribution < -0.4 is 0 Å². The first kappa shape index (κ1) is 20.5. The minimum Gasteiger partial charge on any atom is -0.394 e. The van der Waals surface area contributed by atoms with Crippen molar-refractivity contribution >= 4 is 22.6 Å². The topological polar surface area (TPSA) is 57.2 Å². The fourth-order valence-electron chi connectivity index (χ4n) is 1.48.